The Hall–Kier alpha value is -2.53. The second-order valence-corrected chi connectivity index (χ2v) is 5.96. The highest BCUT2D eigenvalue weighted by molar-refractivity contribution is 5.35. The van der Waals surface area contributed by atoms with Gasteiger partial charge >= 0.3 is 0 Å². The van der Waals surface area contributed by atoms with Crippen LogP contribution >= 0.6 is 0 Å². The monoisotopic (exact) mass is 310 g/mol. The van der Waals surface area contributed by atoms with Crippen LogP contribution in [0.3, 0.4) is 0 Å². The molecule has 0 saturated carbocycles. The van der Waals surface area contributed by atoms with Crippen LogP contribution in [0.15, 0.2) is 61.2 Å². The average Bonchev–Trinajstić information content (AvgIpc) is 3.08. The summed E-state index contributed by atoms with van der Waals surface area (Å²) in [5.41, 5.74) is 2.18. The van der Waals surface area contributed by atoms with Crippen molar-refractivity contribution in [2.45, 2.75) is 25.9 Å². The molecule has 0 fully saturated rings. The van der Waals surface area contributed by atoms with E-state index in [0.29, 0.717) is 12.2 Å². The lowest BCUT2D eigenvalue weighted by Gasteiger charge is -2.26. The summed E-state index contributed by atoms with van der Waals surface area (Å²) >= 11 is 0. The molecule has 5 heteroatoms. The lowest BCUT2D eigenvalue weighted by molar-refractivity contribution is 0.399. The van der Waals surface area contributed by atoms with E-state index >= 15 is 0 Å². The van der Waals surface area contributed by atoms with Crippen LogP contribution in [0.2, 0.25) is 0 Å². The topological polar surface area (TPSA) is 42.7 Å². The third-order valence-corrected chi connectivity index (χ3v) is 3.88. The van der Waals surface area contributed by atoms with Crippen LogP contribution in [0.4, 0.5) is 4.39 Å². The second kappa shape index (κ2) is 6.30. The van der Waals surface area contributed by atoms with Gasteiger partial charge in [-0.05, 0) is 49.2 Å². The summed E-state index contributed by atoms with van der Waals surface area (Å²) in [6.07, 6.45) is 6.95. The molecule has 0 saturated heterocycles. The maximum absolute atomic E-state index is 14.3. The van der Waals surface area contributed by atoms with Crippen LogP contribution in [0.5, 0.6) is 0 Å². The zero-order valence-corrected chi connectivity index (χ0v) is 13.2. The van der Waals surface area contributed by atoms with E-state index < -0.39 is 0 Å². The van der Waals surface area contributed by atoms with Crippen molar-refractivity contribution in [1.29, 1.82) is 0 Å². The number of aromatic nitrogens is 3. The first-order valence-corrected chi connectivity index (χ1v) is 7.50. The van der Waals surface area contributed by atoms with Crippen molar-refractivity contribution in [1.82, 2.24) is 20.1 Å². The maximum Gasteiger partial charge on any atom is 0.149 e. The van der Waals surface area contributed by atoms with Crippen molar-refractivity contribution < 1.29 is 4.39 Å². The lowest BCUT2D eigenvalue weighted by atomic mass is 9.95. The number of nitrogens with zero attached hydrogens (tertiary/aromatic N) is 3. The molecular weight excluding hydrogens is 291 g/mol. The van der Waals surface area contributed by atoms with Crippen molar-refractivity contribution in [3.05, 3.63) is 78.1 Å². The van der Waals surface area contributed by atoms with Gasteiger partial charge in [0.1, 0.15) is 11.5 Å². The van der Waals surface area contributed by atoms with Crippen molar-refractivity contribution in [2.24, 2.45) is 0 Å². The van der Waals surface area contributed by atoms with Crippen molar-refractivity contribution in [3.63, 3.8) is 0 Å². The summed E-state index contributed by atoms with van der Waals surface area (Å²) in [6.45, 7) is 4.73. The fourth-order valence-corrected chi connectivity index (χ4v) is 2.42. The predicted molar refractivity (Wildman–Crippen MR) is 87.6 cm³/mol. The van der Waals surface area contributed by atoms with Gasteiger partial charge in [-0.1, -0.05) is 12.1 Å². The van der Waals surface area contributed by atoms with Crippen molar-refractivity contribution in [3.8, 4) is 5.69 Å². The molecule has 0 aliphatic heterocycles. The van der Waals surface area contributed by atoms with Gasteiger partial charge in [-0.2, -0.15) is 5.10 Å². The lowest BCUT2D eigenvalue weighted by Crippen LogP contribution is -2.36. The summed E-state index contributed by atoms with van der Waals surface area (Å²) in [7, 11) is 0. The van der Waals surface area contributed by atoms with Crippen LogP contribution in [-0.4, -0.2) is 14.8 Å². The number of hydrogen-bond acceptors (Lipinski definition) is 3. The molecule has 3 aromatic rings. The first-order chi connectivity index (χ1) is 11.1. The van der Waals surface area contributed by atoms with Crippen LogP contribution in [0, 0.1) is 5.82 Å². The van der Waals surface area contributed by atoms with Gasteiger partial charge in [0.2, 0.25) is 0 Å². The zero-order chi connectivity index (χ0) is 16.3. The fraction of sp³-hybridized carbons (Fsp3) is 0.222. The van der Waals surface area contributed by atoms with Crippen molar-refractivity contribution >= 4 is 0 Å². The molecule has 2 heterocycles. The Morgan fingerprint density at radius 2 is 2.04 bits per heavy atom. The molecule has 1 aromatic carbocycles. The minimum absolute atomic E-state index is 0.245. The van der Waals surface area contributed by atoms with E-state index in [1.54, 1.807) is 36.8 Å². The number of hydrogen-bond donors (Lipinski definition) is 1. The number of rotatable bonds is 5. The van der Waals surface area contributed by atoms with Crippen LogP contribution in [-0.2, 0) is 12.1 Å². The van der Waals surface area contributed by atoms with Gasteiger partial charge in [-0.15, -0.1) is 0 Å². The summed E-state index contributed by atoms with van der Waals surface area (Å²) in [5, 5.41) is 7.50. The second-order valence-electron chi connectivity index (χ2n) is 5.96. The molecule has 0 aliphatic rings. The third-order valence-electron chi connectivity index (χ3n) is 3.88. The van der Waals surface area contributed by atoms with Gasteiger partial charge in [0.05, 0.1) is 0 Å². The molecule has 0 amide bonds. The molecule has 0 unspecified atom stereocenters. The SMILES string of the molecule is CC(C)(NCc1ccc(-n2cccn2)c(F)c1)c1cccnc1. The molecule has 23 heavy (non-hydrogen) atoms. The number of pyridine rings is 1. The summed E-state index contributed by atoms with van der Waals surface area (Å²) in [5.74, 6) is -0.285. The van der Waals surface area contributed by atoms with Crippen LogP contribution in [0.25, 0.3) is 5.69 Å². The largest absolute Gasteiger partial charge is 0.304 e. The zero-order valence-electron chi connectivity index (χ0n) is 13.2. The Bertz CT molecular complexity index is 767. The highest BCUT2D eigenvalue weighted by Gasteiger charge is 2.19. The minimum atomic E-state index is -0.285. The normalized spacial score (nSPS) is 11.6. The Balaban J connectivity index is 1.73. The van der Waals surface area contributed by atoms with Gasteiger partial charge in [-0.25, -0.2) is 9.07 Å². The van der Waals surface area contributed by atoms with E-state index in [-0.39, 0.29) is 11.4 Å². The predicted octanol–water partition coefficient (Wildman–Crippen LogP) is 3.43. The average molecular weight is 310 g/mol. The van der Waals surface area contributed by atoms with Crippen LogP contribution < -0.4 is 5.32 Å². The smallest absolute Gasteiger partial charge is 0.149 e. The van der Waals surface area contributed by atoms with E-state index in [1.165, 1.54) is 4.68 Å². The number of halogens is 1. The van der Waals surface area contributed by atoms with Crippen molar-refractivity contribution in [2.75, 3.05) is 0 Å². The molecule has 0 radical (unpaired) electrons. The standard InChI is InChI=1S/C18H19FN4/c1-18(2,15-5-3-8-20-13-15)21-12-14-6-7-17(16(19)11-14)23-10-4-9-22-23/h3-11,13,21H,12H2,1-2H3. The minimum Gasteiger partial charge on any atom is -0.304 e. The Morgan fingerprint density at radius 3 is 2.70 bits per heavy atom. The molecular formula is C18H19FN4. The Morgan fingerprint density at radius 1 is 1.17 bits per heavy atom. The van der Waals surface area contributed by atoms with E-state index in [1.807, 2.05) is 24.4 Å². The van der Waals surface area contributed by atoms with Gasteiger partial charge in [-0.3, -0.25) is 4.98 Å². The fourth-order valence-electron chi connectivity index (χ4n) is 2.42. The van der Waals surface area contributed by atoms with Gasteiger partial charge in [0, 0.05) is 36.9 Å². The summed E-state index contributed by atoms with van der Waals surface area (Å²) < 4.78 is 15.8. The first kappa shape index (κ1) is 15.4. The van der Waals surface area contributed by atoms with E-state index in [4.69, 9.17) is 0 Å². The van der Waals surface area contributed by atoms with E-state index in [2.05, 4.69) is 29.2 Å². The summed E-state index contributed by atoms with van der Waals surface area (Å²) in [6, 6.07) is 10.9. The molecule has 0 aliphatic carbocycles. The molecule has 0 bridgehead atoms. The highest BCUT2D eigenvalue weighted by atomic mass is 19.1. The number of nitrogens with one attached hydrogen (secondary N) is 1. The maximum atomic E-state index is 14.3. The molecule has 4 nitrogen and oxygen atoms in total. The Kier molecular flexibility index (Phi) is 4.21. The molecule has 0 atom stereocenters. The molecule has 2 aromatic heterocycles. The molecule has 118 valence electrons. The van der Waals surface area contributed by atoms with Gasteiger partial charge in [0.15, 0.2) is 0 Å². The first-order valence-electron chi connectivity index (χ1n) is 7.50. The molecule has 1 N–H and O–H groups in total. The molecule has 3 rings (SSSR count). The van der Waals surface area contributed by atoms with Crippen LogP contribution in [0.1, 0.15) is 25.0 Å². The van der Waals surface area contributed by atoms with Gasteiger partial charge < -0.3 is 5.32 Å². The van der Waals surface area contributed by atoms with Gasteiger partial charge in [0.25, 0.3) is 0 Å². The highest BCUT2D eigenvalue weighted by Crippen LogP contribution is 2.20. The van der Waals surface area contributed by atoms with E-state index in [0.717, 1.165) is 11.1 Å². The molecule has 0 spiro atoms. The van der Waals surface area contributed by atoms with E-state index in [9.17, 15) is 4.39 Å². The Labute approximate surface area is 135 Å². The summed E-state index contributed by atoms with van der Waals surface area (Å²) in [4.78, 5) is 4.15. The quantitative estimate of drug-likeness (QED) is 0.785. The number of benzene rings is 1. The third kappa shape index (κ3) is 3.46.